The molecule has 0 aromatic carbocycles. The van der Waals surface area contributed by atoms with Gasteiger partial charge in [0, 0.05) is 23.9 Å². The quantitative estimate of drug-likeness (QED) is 0.826. The van der Waals surface area contributed by atoms with Crippen LogP contribution in [-0.4, -0.2) is 22.6 Å². The second-order valence-electron chi connectivity index (χ2n) is 6.52. The van der Waals surface area contributed by atoms with Crippen LogP contribution in [0.2, 0.25) is 0 Å². The summed E-state index contributed by atoms with van der Waals surface area (Å²) in [5, 5.41) is 3.46. The Morgan fingerprint density at radius 3 is 2.79 bits per heavy atom. The van der Waals surface area contributed by atoms with Gasteiger partial charge >= 0.3 is 0 Å². The van der Waals surface area contributed by atoms with Crippen molar-refractivity contribution in [3.05, 3.63) is 18.2 Å². The lowest BCUT2D eigenvalue weighted by atomic mass is 9.94. The van der Waals surface area contributed by atoms with Crippen LogP contribution < -0.4 is 5.32 Å². The molecule has 106 valence electrons. The molecule has 2 unspecified atom stereocenters. The van der Waals surface area contributed by atoms with Gasteiger partial charge in [0.1, 0.15) is 0 Å². The number of imidazole rings is 1. The molecule has 1 aliphatic carbocycles. The third-order valence-corrected chi connectivity index (χ3v) is 5.07. The summed E-state index contributed by atoms with van der Waals surface area (Å²) in [6.07, 6.45) is 13.6. The predicted octanol–water partition coefficient (Wildman–Crippen LogP) is 3.49. The first-order valence-electron chi connectivity index (χ1n) is 8.07. The van der Waals surface area contributed by atoms with Crippen LogP contribution >= 0.6 is 0 Å². The van der Waals surface area contributed by atoms with Crippen LogP contribution in [-0.2, 0) is 0 Å². The summed E-state index contributed by atoms with van der Waals surface area (Å²) in [6, 6.07) is 0.706. The highest BCUT2D eigenvalue weighted by molar-refractivity contribution is 5.09. The fraction of sp³-hybridized carbons (Fsp3) is 0.812. The van der Waals surface area contributed by atoms with E-state index in [0.717, 1.165) is 24.9 Å². The molecule has 0 amide bonds. The van der Waals surface area contributed by atoms with Gasteiger partial charge in [-0.2, -0.15) is 0 Å². The molecule has 3 heteroatoms. The van der Waals surface area contributed by atoms with E-state index < -0.39 is 0 Å². The lowest BCUT2D eigenvalue weighted by Crippen LogP contribution is -2.28. The average molecular weight is 261 g/mol. The zero-order valence-corrected chi connectivity index (χ0v) is 12.1. The van der Waals surface area contributed by atoms with Gasteiger partial charge in [0.15, 0.2) is 0 Å². The second-order valence-corrected chi connectivity index (χ2v) is 6.52. The number of piperidine rings is 1. The van der Waals surface area contributed by atoms with Crippen LogP contribution in [0.5, 0.6) is 0 Å². The van der Waals surface area contributed by atoms with Crippen molar-refractivity contribution < 1.29 is 0 Å². The van der Waals surface area contributed by atoms with E-state index in [2.05, 4.69) is 34.3 Å². The van der Waals surface area contributed by atoms with Crippen LogP contribution in [0.15, 0.2) is 12.5 Å². The Hall–Kier alpha value is -0.830. The minimum atomic E-state index is 0.706. The van der Waals surface area contributed by atoms with Crippen molar-refractivity contribution >= 4 is 0 Å². The van der Waals surface area contributed by atoms with Gasteiger partial charge in [-0.05, 0) is 51.1 Å². The summed E-state index contributed by atoms with van der Waals surface area (Å²) in [5.74, 6) is 1.64. The number of nitrogens with one attached hydrogen (secondary N) is 1. The average Bonchev–Trinajstić information content (AvgIpc) is 2.83. The molecule has 1 aromatic rings. The summed E-state index contributed by atoms with van der Waals surface area (Å²) in [4.78, 5) is 4.46. The first kappa shape index (κ1) is 13.2. The molecule has 1 aliphatic heterocycles. The zero-order chi connectivity index (χ0) is 13.1. The van der Waals surface area contributed by atoms with E-state index in [9.17, 15) is 0 Å². The van der Waals surface area contributed by atoms with Crippen molar-refractivity contribution in [1.29, 1.82) is 0 Å². The second kappa shape index (κ2) is 6.08. The Bertz CT molecular complexity index is 392. The fourth-order valence-corrected chi connectivity index (χ4v) is 3.80. The smallest absolute Gasteiger partial charge is 0.0950 e. The topological polar surface area (TPSA) is 29.9 Å². The van der Waals surface area contributed by atoms with Crippen molar-refractivity contribution in [3.63, 3.8) is 0 Å². The normalized spacial score (nSPS) is 30.2. The number of rotatable bonds is 2. The Kier molecular flexibility index (Phi) is 4.21. The Balaban J connectivity index is 1.75. The summed E-state index contributed by atoms with van der Waals surface area (Å²) >= 11 is 0. The van der Waals surface area contributed by atoms with Gasteiger partial charge < -0.3 is 9.88 Å². The van der Waals surface area contributed by atoms with Crippen molar-refractivity contribution in [2.24, 2.45) is 5.92 Å². The minimum Gasteiger partial charge on any atom is -0.331 e. The standard InChI is InChI=1S/C16H27N3/c1-13-3-2-4-15(6-5-13)19-12-18-11-16(19)14-7-9-17-10-8-14/h11-15,17H,2-10H2,1H3. The van der Waals surface area contributed by atoms with Gasteiger partial charge in [-0.3, -0.25) is 0 Å². The monoisotopic (exact) mass is 261 g/mol. The van der Waals surface area contributed by atoms with Crippen molar-refractivity contribution in [3.8, 4) is 0 Å². The van der Waals surface area contributed by atoms with Gasteiger partial charge in [-0.25, -0.2) is 4.98 Å². The Labute approximate surface area is 116 Å². The predicted molar refractivity (Wildman–Crippen MR) is 78.4 cm³/mol. The molecule has 2 fully saturated rings. The SMILES string of the molecule is CC1CCCC(n2cncc2C2CCNCC2)CC1. The molecule has 0 bridgehead atoms. The first-order valence-corrected chi connectivity index (χ1v) is 8.07. The van der Waals surface area contributed by atoms with Gasteiger partial charge in [-0.1, -0.05) is 19.8 Å². The molecule has 1 saturated heterocycles. The molecular formula is C16H27N3. The van der Waals surface area contributed by atoms with Crippen LogP contribution in [0.3, 0.4) is 0 Å². The van der Waals surface area contributed by atoms with Gasteiger partial charge in [-0.15, -0.1) is 0 Å². The van der Waals surface area contributed by atoms with E-state index in [0.29, 0.717) is 6.04 Å². The minimum absolute atomic E-state index is 0.706. The van der Waals surface area contributed by atoms with Crippen molar-refractivity contribution in [2.45, 2.75) is 63.8 Å². The van der Waals surface area contributed by atoms with Crippen LogP contribution in [0.1, 0.15) is 69.5 Å². The maximum atomic E-state index is 4.46. The van der Waals surface area contributed by atoms with E-state index in [4.69, 9.17) is 0 Å². The van der Waals surface area contributed by atoms with E-state index >= 15 is 0 Å². The molecule has 2 atom stereocenters. The summed E-state index contributed by atoms with van der Waals surface area (Å²) < 4.78 is 2.52. The fourth-order valence-electron chi connectivity index (χ4n) is 3.80. The van der Waals surface area contributed by atoms with Crippen molar-refractivity contribution in [1.82, 2.24) is 14.9 Å². The molecule has 1 N–H and O–H groups in total. The van der Waals surface area contributed by atoms with Crippen LogP contribution in [0.25, 0.3) is 0 Å². The van der Waals surface area contributed by atoms with Crippen LogP contribution in [0, 0.1) is 5.92 Å². The first-order chi connectivity index (χ1) is 9.34. The van der Waals surface area contributed by atoms with Gasteiger partial charge in [0.05, 0.1) is 6.33 Å². The third-order valence-electron chi connectivity index (χ3n) is 5.07. The molecule has 3 nitrogen and oxygen atoms in total. The highest BCUT2D eigenvalue weighted by Gasteiger charge is 2.24. The van der Waals surface area contributed by atoms with Crippen LogP contribution in [0.4, 0.5) is 0 Å². The Morgan fingerprint density at radius 2 is 1.95 bits per heavy atom. The highest BCUT2D eigenvalue weighted by atomic mass is 15.1. The molecule has 2 aliphatic rings. The molecule has 1 aromatic heterocycles. The molecule has 3 rings (SSSR count). The lowest BCUT2D eigenvalue weighted by molar-refractivity contribution is 0.387. The lowest BCUT2D eigenvalue weighted by Gasteiger charge is -2.27. The van der Waals surface area contributed by atoms with E-state index in [1.165, 1.54) is 50.6 Å². The summed E-state index contributed by atoms with van der Waals surface area (Å²) in [6.45, 7) is 4.74. The molecular weight excluding hydrogens is 234 g/mol. The van der Waals surface area contributed by atoms with E-state index in [1.807, 2.05) is 0 Å². The number of aromatic nitrogens is 2. The van der Waals surface area contributed by atoms with Gasteiger partial charge in [0.25, 0.3) is 0 Å². The van der Waals surface area contributed by atoms with E-state index in [1.54, 1.807) is 0 Å². The maximum absolute atomic E-state index is 4.46. The number of hydrogen-bond donors (Lipinski definition) is 1. The highest BCUT2D eigenvalue weighted by Crippen LogP contribution is 2.34. The summed E-state index contributed by atoms with van der Waals surface area (Å²) in [5.41, 5.74) is 1.50. The largest absolute Gasteiger partial charge is 0.331 e. The van der Waals surface area contributed by atoms with Gasteiger partial charge in [0.2, 0.25) is 0 Å². The number of hydrogen-bond acceptors (Lipinski definition) is 2. The third kappa shape index (κ3) is 3.02. The van der Waals surface area contributed by atoms with Crippen molar-refractivity contribution in [2.75, 3.05) is 13.1 Å². The molecule has 19 heavy (non-hydrogen) atoms. The Morgan fingerprint density at radius 1 is 1.11 bits per heavy atom. The molecule has 2 heterocycles. The van der Waals surface area contributed by atoms with E-state index in [-0.39, 0.29) is 0 Å². The molecule has 1 saturated carbocycles. The molecule has 0 radical (unpaired) electrons. The molecule has 0 spiro atoms. The zero-order valence-electron chi connectivity index (χ0n) is 12.1. The number of nitrogens with zero attached hydrogens (tertiary/aromatic N) is 2. The maximum Gasteiger partial charge on any atom is 0.0950 e. The summed E-state index contributed by atoms with van der Waals surface area (Å²) in [7, 11) is 0.